The highest BCUT2D eigenvalue weighted by molar-refractivity contribution is 6.30. The van der Waals surface area contributed by atoms with Gasteiger partial charge in [0.2, 0.25) is 0 Å². The zero-order chi connectivity index (χ0) is 32.7. The summed E-state index contributed by atoms with van der Waals surface area (Å²) in [6.07, 6.45) is 4.78. The number of likely N-dealkylation sites (tertiary alicyclic amines) is 1. The average molecular weight is 636 g/mol. The summed E-state index contributed by atoms with van der Waals surface area (Å²) >= 11 is 5.92. The molecule has 1 fully saturated rings. The molecule has 238 valence electrons. The van der Waals surface area contributed by atoms with Crippen molar-refractivity contribution in [1.29, 1.82) is 0 Å². The molecule has 0 unspecified atom stereocenters. The van der Waals surface area contributed by atoms with Gasteiger partial charge in [0.05, 0.1) is 5.60 Å². The molecule has 0 saturated carbocycles. The lowest BCUT2D eigenvalue weighted by atomic mass is 9.84. The van der Waals surface area contributed by atoms with Crippen LogP contribution in [0.2, 0.25) is 5.02 Å². The van der Waals surface area contributed by atoms with Gasteiger partial charge in [-0.05, 0) is 95.0 Å². The van der Waals surface area contributed by atoms with Gasteiger partial charge in [0.15, 0.2) is 11.2 Å². The molecule has 0 bridgehead atoms. The number of phenolic OH excluding ortho intramolecular Hbond substituents is 2. The molecular formula is C36H39ClFNO6. The van der Waals surface area contributed by atoms with E-state index in [-0.39, 0.29) is 39.5 Å². The number of halogens is 2. The maximum atomic E-state index is 12.9. The van der Waals surface area contributed by atoms with Crippen molar-refractivity contribution in [2.45, 2.75) is 58.5 Å². The first kappa shape index (κ1) is 33.9. The highest BCUT2D eigenvalue weighted by Crippen LogP contribution is 2.35. The average Bonchev–Trinajstić information content (AvgIpc) is 2.98. The summed E-state index contributed by atoms with van der Waals surface area (Å²) in [6.45, 7) is 7.91. The smallest absolute Gasteiger partial charge is 0.196 e. The van der Waals surface area contributed by atoms with E-state index in [2.05, 4.69) is 4.90 Å². The SMILES string of the molecule is CC(C)=CCc1c(O)cc2oc(C)cc(=O)c2c1O.O=C(CCCN1CCC(O)(c2ccc(Cl)cc2)CC1)c1ccc(F)cc1. The largest absolute Gasteiger partial charge is 0.507 e. The second-order valence-corrected chi connectivity index (χ2v) is 12.2. The Morgan fingerprint density at radius 3 is 2.31 bits per heavy atom. The molecule has 0 spiro atoms. The minimum Gasteiger partial charge on any atom is -0.507 e. The van der Waals surface area contributed by atoms with Crippen LogP contribution in [0.5, 0.6) is 11.5 Å². The molecule has 1 aliphatic heterocycles. The number of piperidine rings is 1. The third-order valence-corrected chi connectivity index (χ3v) is 8.27. The van der Waals surface area contributed by atoms with Crippen molar-refractivity contribution >= 4 is 28.4 Å². The van der Waals surface area contributed by atoms with E-state index in [1.807, 2.05) is 44.2 Å². The van der Waals surface area contributed by atoms with Crippen LogP contribution in [0.3, 0.4) is 0 Å². The monoisotopic (exact) mass is 635 g/mol. The van der Waals surface area contributed by atoms with Crippen LogP contribution in [0.4, 0.5) is 4.39 Å². The molecule has 0 amide bonds. The second-order valence-electron chi connectivity index (χ2n) is 11.7. The predicted octanol–water partition coefficient (Wildman–Crippen LogP) is 7.45. The molecule has 0 aliphatic carbocycles. The summed E-state index contributed by atoms with van der Waals surface area (Å²) < 4.78 is 18.3. The summed E-state index contributed by atoms with van der Waals surface area (Å²) in [4.78, 5) is 26.3. The molecule has 3 N–H and O–H groups in total. The number of fused-ring (bicyclic) bond motifs is 1. The number of Topliss-reactive ketones (excluding diaryl/α,β-unsaturated/α-hetero) is 1. The van der Waals surface area contributed by atoms with Crippen molar-refractivity contribution in [2.75, 3.05) is 19.6 Å². The first-order valence-corrected chi connectivity index (χ1v) is 15.4. The van der Waals surface area contributed by atoms with Gasteiger partial charge in [0, 0.05) is 47.8 Å². The highest BCUT2D eigenvalue weighted by atomic mass is 35.5. The number of hydrogen-bond acceptors (Lipinski definition) is 7. The van der Waals surface area contributed by atoms with Crippen LogP contribution in [0.25, 0.3) is 11.0 Å². The van der Waals surface area contributed by atoms with Crippen LogP contribution in [0, 0.1) is 12.7 Å². The van der Waals surface area contributed by atoms with Crippen LogP contribution in [-0.2, 0) is 12.0 Å². The van der Waals surface area contributed by atoms with Crippen LogP contribution in [0.1, 0.15) is 66.8 Å². The van der Waals surface area contributed by atoms with Gasteiger partial charge in [0.1, 0.15) is 34.0 Å². The van der Waals surface area contributed by atoms with Crippen molar-refractivity contribution in [1.82, 2.24) is 4.90 Å². The molecule has 0 radical (unpaired) electrons. The van der Waals surface area contributed by atoms with E-state index in [1.54, 1.807) is 6.92 Å². The highest BCUT2D eigenvalue weighted by Gasteiger charge is 2.33. The molecule has 0 atom stereocenters. The number of carbonyl (C=O) groups excluding carboxylic acids is 1. The molecule has 1 aromatic heterocycles. The molecule has 7 nitrogen and oxygen atoms in total. The third-order valence-electron chi connectivity index (χ3n) is 8.02. The maximum absolute atomic E-state index is 12.9. The number of aromatic hydroxyl groups is 2. The van der Waals surface area contributed by atoms with Crippen molar-refractivity contribution in [2.24, 2.45) is 0 Å². The molecule has 3 aromatic carbocycles. The molecule has 9 heteroatoms. The lowest BCUT2D eigenvalue weighted by Crippen LogP contribution is -2.42. The van der Waals surface area contributed by atoms with Crippen LogP contribution >= 0.6 is 11.6 Å². The number of benzene rings is 3. The molecular weight excluding hydrogens is 597 g/mol. The van der Waals surface area contributed by atoms with Gasteiger partial charge in [-0.2, -0.15) is 0 Å². The standard InChI is InChI=1S/C21H23ClFNO2.C15H16O4/c22-18-7-5-17(6-8-18)21(26)11-14-24(15-12-21)13-1-2-20(25)16-3-9-19(23)10-4-16;1-8(2)4-5-10-11(16)7-13-14(15(10)18)12(17)6-9(3)19-13/h3-10,26H,1-2,11-15H2;4,6-7,16,18H,5H2,1-3H3. The van der Waals surface area contributed by atoms with Crippen molar-refractivity contribution < 1.29 is 28.9 Å². The quantitative estimate of drug-likeness (QED) is 0.136. The summed E-state index contributed by atoms with van der Waals surface area (Å²) in [7, 11) is 0. The lowest BCUT2D eigenvalue weighted by Gasteiger charge is -2.38. The Kier molecular flexibility index (Phi) is 11.2. The zero-order valence-electron chi connectivity index (χ0n) is 25.8. The van der Waals surface area contributed by atoms with Gasteiger partial charge >= 0.3 is 0 Å². The Bertz CT molecular complexity index is 1720. The molecule has 1 saturated heterocycles. The van der Waals surface area contributed by atoms with Gasteiger partial charge in [-0.15, -0.1) is 0 Å². The van der Waals surface area contributed by atoms with Crippen molar-refractivity contribution in [3.63, 3.8) is 0 Å². The maximum Gasteiger partial charge on any atom is 0.196 e. The van der Waals surface area contributed by atoms with E-state index in [0.717, 1.165) is 37.2 Å². The van der Waals surface area contributed by atoms with E-state index < -0.39 is 5.60 Å². The Labute approximate surface area is 267 Å². The first-order valence-electron chi connectivity index (χ1n) is 15.0. The summed E-state index contributed by atoms with van der Waals surface area (Å²) in [5, 5.41) is 31.8. The fourth-order valence-electron chi connectivity index (χ4n) is 5.40. The number of aliphatic hydroxyl groups is 1. The number of hydrogen-bond donors (Lipinski definition) is 3. The topological polar surface area (TPSA) is 111 Å². The second kappa shape index (κ2) is 14.9. The van der Waals surface area contributed by atoms with Crippen molar-refractivity contribution in [3.8, 4) is 11.5 Å². The predicted molar refractivity (Wildman–Crippen MR) is 175 cm³/mol. The van der Waals surface area contributed by atoms with Crippen LogP contribution < -0.4 is 5.43 Å². The van der Waals surface area contributed by atoms with E-state index in [9.17, 15) is 29.3 Å². The summed E-state index contributed by atoms with van der Waals surface area (Å²) in [6, 6.07) is 15.8. The van der Waals surface area contributed by atoms with Gasteiger partial charge in [-0.3, -0.25) is 9.59 Å². The number of phenols is 2. The molecule has 5 rings (SSSR count). The fourth-order valence-corrected chi connectivity index (χ4v) is 5.52. The minimum absolute atomic E-state index is 0.0414. The number of ketones is 1. The number of rotatable bonds is 8. The Morgan fingerprint density at radius 1 is 1.04 bits per heavy atom. The van der Waals surface area contributed by atoms with E-state index in [4.69, 9.17) is 16.0 Å². The molecule has 2 heterocycles. The number of aryl methyl sites for hydroxylation is 1. The van der Waals surface area contributed by atoms with E-state index >= 15 is 0 Å². The van der Waals surface area contributed by atoms with Crippen LogP contribution in [-0.4, -0.2) is 45.6 Å². The summed E-state index contributed by atoms with van der Waals surface area (Å²) in [5.41, 5.74) is 1.95. The Hall–Kier alpha value is -3.98. The number of nitrogens with zero attached hydrogens (tertiary/aromatic N) is 1. The van der Waals surface area contributed by atoms with E-state index in [0.29, 0.717) is 47.6 Å². The third kappa shape index (κ3) is 8.81. The van der Waals surface area contributed by atoms with Crippen LogP contribution in [0.15, 0.2) is 81.5 Å². The zero-order valence-corrected chi connectivity index (χ0v) is 26.5. The molecule has 45 heavy (non-hydrogen) atoms. The lowest BCUT2D eigenvalue weighted by molar-refractivity contribution is -0.0260. The fraction of sp³-hybridized carbons (Fsp3) is 0.333. The van der Waals surface area contributed by atoms with E-state index in [1.165, 1.54) is 36.4 Å². The number of allylic oxidation sites excluding steroid dienone is 2. The molecule has 4 aromatic rings. The van der Waals surface area contributed by atoms with Gasteiger partial charge < -0.3 is 24.6 Å². The van der Waals surface area contributed by atoms with Crippen molar-refractivity contribution in [3.05, 3.63) is 116 Å². The van der Waals surface area contributed by atoms with Gasteiger partial charge in [-0.1, -0.05) is 35.4 Å². The summed E-state index contributed by atoms with van der Waals surface area (Å²) in [5.74, 6) is -0.131. The minimum atomic E-state index is -0.801. The van der Waals surface area contributed by atoms with Gasteiger partial charge in [0.25, 0.3) is 0 Å². The number of carbonyl (C=O) groups is 1. The first-order chi connectivity index (χ1) is 21.4. The Morgan fingerprint density at radius 2 is 1.69 bits per heavy atom. The van der Waals surface area contributed by atoms with Gasteiger partial charge in [-0.25, -0.2) is 4.39 Å². The molecule has 1 aliphatic rings. The normalized spacial score (nSPS) is 14.4. The Balaban J connectivity index is 0.000000215.